The molecular weight excluding hydrogens is 328 g/mol. The zero-order valence-corrected chi connectivity index (χ0v) is 13.9. The minimum atomic E-state index is -0.325. The van der Waals surface area contributed by atoms with Crippen molar-refractivity contribution in [2.75, 3.05) is 18.8 Å². The Kier molecular flexibility index (Phi) is 4.66. The molecule has 1 saturated heterocycles. The highest BCUT2D eigenvalue weighted by atomic mass is 32.2. The quantitative estimate of drug-likeness (QED) is 0.862. The van der Waals surface area contributed by atoms with Gasteiger partial charge in [0.15, 0.2) is 0 Å². The fourth-order valence-corrected chi connectivity index (χ4v) is 3.16. The number of hydrogen-bond acceptors (Lipinski definition) is 5. The molecule has 124 valence electrons. The minimum absolute atomic E-state index is 0.174. The van der Waals surface area contributed by atoms with Gasteiger partial charge in [-0.05, 0) is 18.6 Å². The Balaban J connectivity index is 1.59. The zero-order valence-electron chi connectivity index (χ0n) is 13.0. The SMILES string of the molecule is Cc1ccccc1-c1cc(C(=O)NCCN2C(=O)CSC2=O)[nH]n1. The molecule has 8 heteroatoms. The average Bonchev–Trinajstić information content (AvgIpc) is 3.17. The third-order valence-electron chi connectivity index (χ3n) is 3.71. The van der Waals surface area contributed by atoms with Crippen LogP contribution in [0.5, 0.6) is 0 Å². The summed E-state index contributed by atoms with van der Waals surface area (Å²) < 4.78 is 0. The van der Waals surface area contributed by atoms with Crippen LogP contribution in [0.4, 0.5) is 4.79 Å². The molecule has 0 atom stereocenters. The first kappa shape index (κ1) is 16.3. The van der Waals surface area contributed by atoms with Crippen molar-refractivity contribution in [1.82, 2.24) is 20.4 Å². The molecule has 2 heterocycles. The van der Waals surface area contributed by atoms with E-state index in [1.165, 1.54) is 0 Å². The van der Waals surface area contributed by atoms with E-state index in [9.17, 15) is 14.4 Å². The highest BCUT2D eigenvalue weighted by Gasteiger charge is 2.29. The molecule has 7 nitrogen and oxygen atoms in total. The van der Waals surface area contributed by atoms with Gasteiger partial charge in [0.2, 0.25) is 5.91 Å². The second-order valence-corrected chi connectivity index (χ2v) is 6.26. The number of nitrogens with zero attached hydrogens (tertiary/aromatic N) is 2. The van der Waals surface area contributed by atoms with E-state index in [0.717, 1.165) is 27.8 Å². The highest BCUT2D eigenvalue weighted by molar-refractivity contribution is 8.14. The molecule has 0 radical (unpaired) electrons. The Morgan fingerprint density at radius 1 is 1.38 bits per heavy atom. The van der Waals surface area contributed by atoms with Crippen molar-refractivity contribution in [3.05, 3.63) is 41.6 Å². The molecule has 3 amide bonds. The van der Waals surface area contributed by atoms with E-state index in [-0.39, 0.29) is 35.9 Å². The van der Waals surface area contributed by atoms with Crippen LogP contribution in [-0.2, 0) is 4.79 Å². The maximum absolute atomic E-state index is 12.1. The van der Waals surface area contributed by atoms with Gasteiger partial charge in [0, 0.05) is 18.7 Å². The van der Waals surface area contributed by atoms with E-state index in [1.807, 2.05) is 31.2 Å². The number of thioether (sulfide) groups is 1. The predicted octanol–water partition coefficient (Wildman–Crippen LogP) is 1.81. The smallest absolute Gasteiger partial charge is 0.288 e. The van der Waals surface area contributed by atoms with Crippen molar-refractivity contribution in [3.63, 3.8) is 0 Å². The molecule has 1 aromatic carbocycles. The summed E-state index contributed by atoms with van der Waals surface area (Å²) in [6.07, 6.45) is 0. The van der Waals surface area contributed by atoms with Crippen LogP contribution in [0.15, 0.2) is 30.3 Å². The van der Waals surface area contributed by atoms with Crippen LogP contribution < -0.4 is 5.32 Å². The number of benzene rings is 1. The monoisotopic (exact) mass is 344 g/mol. The van der Waals surface area contributed by atoms with Gasteiger partial charge in [-0.2, -0.15) is 5.10 Å². The van der Waals surface area contributed by atoms with Gasteiger partial charge in [0.25, 0.3) is 11.1 Å². The van der Waals surface area contributed by atoms with E-state index < -0.39 is 0 Å². The molecule has 1 aliphatic rings. The number of aryl methyl sites for hydroxylation is 1. The maximum atomic E-state index is 12.1. The second kappa shape index (κ2) is 6.88. The summed E-state index contributed by atoms with van der Waals surface area (Å²) in [5, 5.41) is 9.30. The maximum Gasteiger partial charge on any atom is 0.288 e. The molecular formula is C16H16N4O3S. The van der Waals surface area contributed by atoms with E-state index in [0.29, 0.717) is 11.4 Å². The van der Waals surface area contributed by atoms with Crippen LogP contribution in [0.25, 0.3) is 11.3 Å². The summed E-state index contributed by atoms with van der Waals surface area (Å²) in [5.41, 5.74) is 3.05. The van der Waals surface area contributed by atoms with E-state index in [2.05, 4.69) is 15.5 Å². The number of carbonyl (C=O) groups is 3. The molecule has 0 saturated carbocycles. The van der Waals surface area contributed by atoms with E-state index in [1.54, 1.807) is 6.07 Å². The highest BCUT2D eigenvalue weighted by Crippen LogP contribution is 2.21. The lowest BCUT2D eigenvalue weighted by atomic mass is 10.1. The Morgan fingerprint density at radius 2 is 2.17 bits per heavy atom. The van der Waals surface area contributed by atoms with Crippen molar-refractivity contribution in [3.8, 4) is 11.3 Å². The normalized spacial score (nSPS) is 14.3. The molecule has 24 heavy (non-hydrogen) atoms. The van der Waals surface area contributed by atoms with Gasteiger partial charge in [-0.1, -0.05) is 36.0 Å². The molecule has 0 unspecified atom stereocenters. The summed E-state index contributed by atoms with van der Waals surface area (Å²) >= 11 is 0.980. The average molecular weight is 344 g/mol. The number of carbonyl (C=O) groups excluding carboxylic acids is 3. The van der Waals surface area contributed by atoms with Gasteiger partial charge < -0.3 is 5.32 Å². The van der Waals surface area contributed by atoms with Gasteiger partial charge in [-0.25, -0.2) is 0 Å². The summed E-state index contributed by atoms with van der Waals surface area (Å²) in [4.78, 5) is 36.2. The number of aromatic amines is 1. The number of H-pyrrole nitrogens is 1. The van der Waals surface area contributed by atoms with Gasteiger partial charge in [0.1, 0.15) is 5.69 Å². The summed E-state index contributed by atoms with van der Waals surface area (Å²) in [5.74, 6) is -0.371. The van der Waals surface area contributed by atoms with Crippen LogP contribution in [0.3, 0.4) is 0 Å². The first-order valence-electron chi connectivity index (χ1n) is 7.43. The van der Waals surface area contributed by atoms with E-state index >= 15 is 0 Å². The molecule has 0 spiro atoms. The van der Waals surface area contributed by atoms with Gasteiger partial charge in [0.05, 0.1) is 11.4 Å². The summed E-state index contributed by atoms with van der Waals surface area (Å²) in [6, 6.07) is 9.46. The molecule has 1 fully saturated rings. The minimum Gasteiger partial charge on any atom is -0.349 e. The Labute approximate surface area is 142 Å². The van der Waals surface area contributed by atoms with Crippen molar-refractivity contribution < 1.29 is 14.4 Å². The fraction of sp³-hybridized carbons (Fsp3) is 0.250. The van der Waals surface area contributed by atoms with Crippen molar-refractivity contribution in [2.24, 2.45) is 0 Å². The van der Waals surface area contributed by atoms with Gasteiger partial charge >= 0.3 is 0 Å². The molecule has 3 rings (SSSR count). The molecule has 2 aromatic rings. The molecule has 0 bridgehead atoms. The number of hydrogen-bond donors (Lipinski definition) is 2. The van der Waals surface area contributed by atoms with Crippen LogP contribution in [0.2, 0.25) is 0 Å². The third-order valence-corrected chi connectivity index (χ3v) is 4.56. The van der Waals surface area contributed by atoms with Gasteiger partial charge in [-0.3, -0.25) is 24.4 Å². The van der Waals surface area contributed by atoms with Crippen molar-refractivity contribution in [2.45, 2.75) is 6.92 Å². The standard InChI is InChI=1S/C16H16N4O3S/c1-10-4-2-3-5-11(10)12-8-13(19-18-12)15(22)17-6-7-20-14(21)9-24-16(20)23/h2-5,8H,6-7,9H2,1H3,(H,17,22)(H,18,19). The molecule has 1 aliphatic heterocycles. The zero-order chi connectivity index (χ0) is 17.1. The van der Waals surface area contributed by atoms with Gasteiger partial charge in [-0.15, -0.1) is 0 Å². The number of imide groups is 1. The van der Waals surface area contributed by atoms with Crippen LogP contribution in [-0.4, -0.2) is 51.0 Å². The molecule has 0 aliphatic carbocycles. The molecule has 2 N–H and O–H groups in total. The third kappa shape index (κ3) is 3.33. The Bertz CT molecular complexity index is 786. The Hall–Kier alpha value is -2.61. The first-order chi connectivity index (χ1) is 11.6. The number of aromatic nitrogens is 2. The largest absolute Gasteiger partial charge is 0.349 e. The predicted molar refractivity (Wildman–Crippen MR) is 90.7 cm³/mol. The number of nitrogens with one attached hydrogen (secondary N) is 2. The Morgan fingerprint density at radius 3 is 2.88 bits per heavy atom. The van der Waals surface area contributed by atoms with Crippen LogP contribution >= 0.6 is 11.8 Å². The van der Waals surface area contributed by atoms with E-state index in [4.69, 9.17) is 0 Å². The number of amides is 3. The first-order valence-corrected chi connectivity index (χ1v) is 8.41. The van der Waals surface area contributed by atoms with Crippen molar-refractivity contribution >= 4 is 28.8 Å². The topological polar surface area (TPSA) is 95.2 Å². The summed E-state index contributed by atoms with van der Waals surface area (Å²) in [6.45, 7) is 2.36. The van der Waals surface area contributed by atoms with Crippen molar-refractivity contribution in [1.29, 1.82) is 0 Å². The lowest BCUT2D eigenvalue weighted by Gasteiger charge is -2.12. The number of rotatable bonds is 5. The fourth-order valence-electron chi connectivity index (χ4n) is 2.41. The van der Waals surface area contributed by atoms with Crippen LogP contribution in [0.1, 0.15) is 16.1 Å². The van der Waals surface area contributed by atoms with Crippen LogP contribution in [0, 0.1) is 6.92 Å². The lowest BCUT2D eigenvalue weighted by molar-refractivity contribution is -0.124. The summed E-state index contributed by atoms with van der Waals surface area (Å²) in [7, 11) is 0. The lowest BCUT2D eigenvalue weighted by Crippen LogP contribution is -2.37. The second-order valence-electron chi connectivity index (χ2n) is 5.34. The molecule has 1 aromatic heterocycles.